The smallest absolute Gasteiger partial charge is 0.221 e. The molecule has 0 radical (unpaired) electrons. The fourth-order valence-corrected chi connectivity index (χ4v) is 5.96. The molecule has 0 saturated carbocycles. The Labute approximate surface area is 175 Å². The van der Waals surface area contributed by atoms with Crippen LogP contribution in [-0.4, -0.2) is 9.97 Å². The highest BCUT2D eigenvalue weighted by Gasteiger charge is 2.15. The molecule has 3 nitrogen and oxygen atoms in total. The quantitative estimate of drug-likeness (QED) is 0.336. The Balaban J connectivity index is 1.60. The molecule has 0 aliphatic rings. The van der Waals surface area contributed by atoms with Gasteiger partial charge in [0.25, 0.3) is 0 Å². The first-order valence-corrected chi connectivity index (χ1v) is 10.9. The zero-order valence-electron chi connectivity index (χ0n) is 15.3. The van der Waals surface area contributed by atoms with Crippen molar-refractivity contribution in [1.82, 2.24) is 9.97 Å². The van der Waals surface area contributed by atoms with Gasteiger partial charge in [0, 0.05) is 30.6 Å². The summed E-state index contributed by atoms with van der Waals surface area (Å²) < 4.78 is 3.65. The van der Waals surface area contributed by atoms with Gasteiger partial charge >= 0.3 is 0 Å². The van der Waals surface area contributed by atoms with Gasteiger partial charge in [0.2, 0.25) is 5.95 Å². The summed E-state index contributed by atoms with van der Waals surface area (Å²) >= 11 is 3.53. The molecule has 6 aromatic rings. The molecule has 0 unspecified atom stereocenters. The van der Waals surface area contributed by atoms with E-state index >= 15 is 0 Å². The largest absolute Gasteiger partial charge is 0.368 e. The van der Waals surface area contributed by atoms with E-state index in [1.54, 1.807) is 11.3 Å². The van der Waals surface area contributed by atoms with E-state index in [1.807, 2.05) is 17.4 Å². The summed E-state index contributed by atoms with van der Waals surface area (Å²) in [5.74, 6) is 0.306. The predicted octanol–water partition coefficient (Wildman–Crippen LogP) is 6.98. The number of fused-ring (bicyclic) bond motifs is 4. The zero-order chi connectivity index (χ0) is 19.4. The maximum atomic E-state index is 6.08. The lowest BCUT2D eigenvalue weighted by Crippen LogP contribution is -1.96. The molecule has 0 spiro atoms. The number of anilines is 1. The van der Waals surface area contributed by atoms with Gasteiger partial charge in [0.05, 0.1) is 15.9 Å². The second kappa shape index (κ2) is 6.37. The summed E-state index contributed by atoms with van der Waals surface area (Å²) in [4.78, 5) is 10.3. The van der Waals surface area contributed by atoms with Crippen LogP contribution >= 0.6 is 22.7 Å². The molecule has 0 saturated heterocycles. The fourth-order valence-electron chi connectivity index (χ4n) is 3.76. The first-order chi connectivity index (χ1) is 14.3. The van der Waals surface area contributed by atoms with Gasteiger partial charge in [-0.3, -0.25) is 0 Å². The SMILES string of the molecule is Nc1nc(-c2ccc3sc4ccccc4c3c2)c2sc(-c3ccccc3)cc2n1. The Morgan fingerprint density at radius 3 is 2.34 bits per heavy atom. The van der Waals surface area contributed by atoms with Gasteiger partial charge in [-0.1, -0.05) is 54.6 Å². The topological polar surface area (TPSA) is 51.8 Å². The lowest BCUT2D eigenvalue weighted by Gasteiger charge is -2.04. The van der Waals surface area contributed by atoms with Crippen molar-refractivity contribution in [2.45, 2.75) is 0 Å². The Morgan fingerprint density at radius 1 is 0.655 bits per heavy atom. The van der Waals surface area contributed by atoms with Crippen LogP contribution in [-0.2, 0) is 0 Å². The van der Waals surface area contributed by atoms with Gasteiger partial charge in [-0.25, -0.2) is 9.97 Å². The van der Waals surface area contributed by atoms with Crippen LogP contribution in [0, 0.1) is 0 Å². The minimum atomic E-state index is 0.306. The predicted molar refractivity (Wildman–Crippen MR) is 126 cm³/mol. The summed E-state index contributed by atoms with van der Waals surface area (Å²) in [6.45, 7) is 0. The second-order valence-electron chi connectivity index (χ2n) is 6.93. The van der Waals surface area contributed by atoms with Crippen LogP contribution in [0.3, 0.4) is 0 Å². The van der Waals surface area contributed by atoms with Gasteiger partial charge in [-0.2, -0.15) is 0 Å². The molecule has 6 rings (SSSR count). The van der Waals surface area contributed by atoms with Crippen molar-refractivity contribution < 1.29 is 0 Å². The second-order valence-corrected chi connectivity index (χ2v) is 9.07. The van der Waals surface area contributed by atoms with Crippen molar-refractivity contribution >= 4 is 59.0 Å². The minimum absolute atomic E-state index is 0.306. The third-order valence-corrected chi connectivity index (χ3v) is 7.43. The molecular formula is C24H15N3S2. The number of benzene rings is 3. The van der Waals surface area contributed by atoms with E-state index in [9.17, 15) is 0 Å². The number of nitrogen functional groups attached to an aromatic ring is 1. The molecule has 138 valence electrons. The highest BCUT2D eigenvalue weighted by molar-refractivity contribution is 7.25. The lowest BCUT2D eigenvalue weighted by atomic mass is 10.1. The monoisotopic (exact) mass is 409 g/mol. The van der Waals surface area contributed by atoms with Crippen LogP contribution in [0.4, 0.5) is 5.95 Å². The van der Waals surface area contributed by atoms with E-state index < -0.39 is 0 Å². The molecule has 29 heavy (non-hydrogen) atoms. The van der Waals surface area contributed by atoms with Crippen LogP contribution in [0.2, 0.25) is 0 Å². The highest BCUT2D eigenvalue weighted by Crippen LogP contribution is 2.40. The van der Waals surface area contributed by atoms with Gasteiger partial charge in [0.1, 0.15) is 0 Å². The highest BCUT2D eigenvalue weighted by atomic mass is 32.1. The van der Waals surface area contributed by atoms with E-state index in [0.29, 0.717) is 5.95 Å². The lowest BCUT2D eigenvalue weighted by molar-refractivity contribution is 1.25. The molecular weight excluding hydrogens is 394 g/mol. The number of hydrogen-bond acceptors (Lipinski definition) is 5. The van der Waals surface area contributed by atoms with E-state index in [-0.39, 0.29) is 0 Å². The number of aromatic nitrogens is 2. The van der Waals surface area contributed by atoms with E-state index in [4.69, 9.17) is 5.73 Å². The van der Waals surface area contributed by atoms with Crippen LogP contribution in [0.1, 0.15) is 0 Å². The third-order valence-electron chi connectivity index (χ3n) is 5.10. The number of rotatable bonds is 2. The van der Waals surface area contributed by atoms with E-state index in [0.717, 1.165) is 21.5 Å². The molecule has 3 heterocycles. The van der Waals surface area contributed by atoms with E-state index in [2.05, 4.69) is 82.8 Å². The van der Waals surface area contributed by atoms with Crippen molar-refractivity contribution in [1.29, 1.82) is 0 Å². The normalized spacial score (nSPS) is 11.6. The van der Waals surface area contributed by atoms with Crippen molar-refractivity contribution in [3.8, 4) is 21.7 Å². The minimum Gasteiger partial charge on any atom is -0.368 e. The summed E-state index contributed by atoms with van der Waals surface area (Å²) in [6, 6.07) is 27.6. The van der Waals surface area contributed by atoms with Gasteiger partial charge in [-0.05, 0) is 29.8 Å². The Morgan fingerprint density at radius 2 is 1.45 bits per heavy atom. The van der Waals surface area contributed by atoms with Crippen LogP contribution < -0.4 is 5.73 Å². The molecule has 0 aliphatic carbocycles. The van der Waals surface area contributed by atoms with Crippen molar-refractivity contribution in [2.24, 2.45) is 0 Å². The van der Waals surface area contributed by atoms with Crippen molar-refractivity contribution in [3.05, 3.63) is 78.9 Å². The zero-order valence-corrected chi connectivity index (χ0v) is 16.9. The first-order valence-electron chi connectivity index (χ1n) is 9.30. The fraction of sp³-hybridized carbons (Fsp3) is 0. The average Bonchev–Trinajstić information content (AvgIpc) is 3.34. The molecule has 0 bridgehead atoms. The molecule has 0 aliphatic heterocycles. The number of thiophene rings is 2. The van der Waals surface area contributed by atoms with Crippen LogP contribution in [0.25, 0.3) is 52.1 Å². The summed E-state index contributed by atoms with van der Waals surface area (Å²) in [5.41, 5.74) is 10.1. The number of nitrogens with two attached hydrogens (primary N) is 1. The Kier molecular flexibility index (Phi) is 3.66. The average molecular weight is 410 g/mol. The number of nitrogens with zero attached hydrogens (tertiary/aromatic N) is 2. The van der Waals surface area contributed by atoms with Gasteiger partial charge < -0.3 is 5.73 Å². The third kappa shape index (κ3) is 2.70. The Hall–Kier alpha value is -3.28. The standard InChI is InChI=1S/C24H15N3S2/c25-24-26-18-13-21(14-6-2-1-3-7-14)29-23(18)22(27-24)15-10-11-20-17(12-15)16-8-4-5-9-19(16)28-20/h1-13H,(H2,25,26,27). The van der Waals surface area contributed by atoms with E-state index in [1.165, 1.54) is 30.6 Å². The van der Waals surface area contributed by atoms with Gasteiger partial charge in [0.15, 0.2) is 0 Å². The van der Waals surface area contributed by atoms with Gasteiger partial charge in [-0.15, -0.1) is 22.7 Å². The molecule has 0 amide bonds. The summed E-state index contributed by atoms with van der Waals surface area (Å²) in [5, 5.41) is 2.54. The van der Waals surface area contributed by atoms with Crippen LogP contribution in [0.5, 0.6) is 0 Å². The first kappa shape index (κ1) is 16.7. The molecule has 0 fully saturated rings. The van der Waals surface area contributed by atoms with Crippen molar-refractivity contribution in [3.63, 3.8) is 0 Å². The maximum absolute atomic E-state index is 6.08. The number of hydrogen-bond donors (Lipinski definition) is 1. The molecule has 3 aromatic heterocycles. The molecule has 3 aromatic carbocycles. The summed E-state index contributed by atoms with van der Waals surface area (Å²) in [7, 11) is 0. The molecule has 0 atom stereocenters. The Bertz CT molecular complexity index is 1510. The van der Waals surface area contributed by atoms with Crippen LogP contribution in [0.15, 0.2) is 78.9 Å². The summed E-state index contributed by atoms with van der Waals surface area (Å²) in [6.07, 6.45) is 0. The molecule has 5 heteroatoms. The molecule has 2 N–H and O–H groups in total. The van der Waals surface area contributed by atoms with Crippen molar-refractivity contribution in [2.75, 3.05) is 5.73 Å². The maximum Gasteiger partial charge on any atom is 0.221 e.